The average molecular weight is 343 g/mol. The molecule has 134 valence electrons. The maximum Gasteiger partial charge on any atom is 0.220 e. The van der Waals surface area contributed by atoms with Gasteiger partial charge in [-0.05, 0) is 42.2 Å². The van der Waals surface area contributed by atoms with Crippen LogP contribution in [0.1, 0.15) is 17.5 Å². The predicted molar refractivity (Wildman–Crippen MR) is 97.6 cm³/mol. The lowest BCUT2D eigenvalue weighted by Gasteiger charge is -2.11. The SMILES string of the molecule is COc1cccc(CCC(=O)NCCc2ccc(OC)cc2OC)c1. The minimum absolute atomic E-state index is 0.0373. The van der Waals surface area contributed by atoms with Gasteiger partial charge in [0.15, 0.2) is 0 Å². The molecule has 5 heteroatoms. The molecule has 0 aliphatic heterocycles. The summed E-state index contributed by atoms with van der Waals surface area (Å²) >= 11 is 0. The molecule has 0 aliphatic carbocycles. The van der Waals surface area contributed by atoms with Gasteiger partial charge in [0.2, 0.25) is 5.91 Å². The van der Waals surface area contributed by atoms with Crippen molar-refractivity contribution in [2.75, 3.05) is 27.9 Å². The third kappa shape index (κ3) is 5.71. The summed E-state index contributed by atoms with van der Waals surface area (Å²) in [5.74, 6) is 2.37. The van der Waals surface area contributed by atoms with Crippen LogP contribution in [0.2, 0.25) is 0 Å². The van der Waals surface area contributed by atoms with E-state index in [0.717, 1.165) is 28.4 Å². The van der Waals surface area contributed by atoms with Gasteiger partial charge in [0.1, 0.15) is 17.2 Å². The average Bonchev–Trinajstić information content (AvgIpc) is 2.66. The Labute approximate surface area is 148 Å². The molecule has 1 amide bonds. The van der Waals surface area contributed by atoms with Crippen molar-refractivity contribution in [3.8, 4) is 17.2 Å². The molecule has 0 heterocycles. The minimum Gasteiger partial charge on any atom is -0.497 e. The maximum atomic E-state index is 12.0. The number of nitrogens with one attached hydrogen (secondary N) is 1. The minimum atomic E-state index is 0.0373. The number of hydrogen-bond donors (Lipinski definition) is 1. The molecule has 25 heavy (non-hydrogen) atoms. The Bertz CT molecular complexity index is 700. The van der Waals surface area contributed by atoms with Crippen LogP contribution in [-0.2, 0) is 17.6 Å². The topological polar surface area (TPSA) is 56.8 Å². The zero-order valence-electron chi connectivity index (χ0n) is 15.0. The van der Waals surface area contributed by atoms with Crippen molar-refractivity contribution in [2.45, 2.75) is 19.3 Å². The third-order valence-electron chi connectivity index (χ3n) is 3.99. The van der Waals surface area contributed by atoms with E-state index in [2.05, 4.69) is 5.32 Å². The van der Waals surface area contributed by atoms with Crippen molar-refractivity contribution in [1.29, 1.82) is 0 Å². The molecule has 0 unspecified atom stereocenters. The maximum absolute atomic E-state index is 12.0. The lowest BCUT2D eigenvalue weighted by atomic mass is 10.1. The summed E-state index contributed by atoms with van der Waals surface area (Å²) in [6, 6.07) is 13.5. The van der Waals surface area contributed by atoms with E-state index in [9.17, 15) is 4.79 Å². The first kappa shape index (κ1) is 18.6. The van der Waals surface area contributed by atoms with Crippen molar-refractivity contribution in [3.05, 3.63) is 53.6 Å². The summed E-state index contributed by atoms with van der Waals surface area (Å²) in [7, 11) is 4.89. The van der Waals surface area contributed by atoms with Gasteiger partial charge in [0, 0.05) is 19.0 Å². The van der Waals surface area contributed by atoms with E-state index >= 15 is 0 Å². The first-order valence-electron chi connectivity index (χ1n) is 8.26. The number of amides is 1. The van der Waals surface area contributed by atoms with Crippen molar-refractivity contribution in [2.24, 2.45) is 0 Å². The van der Waals surface area contributed by atoms with Crippen molar-refractivity contribution < 1.29 is 19.0 Å². The van der Waals surface area contributed by atoms with Crippen molar-refractivity contribution >= 4 is 5.91 Å². The van der Waals surface area contributed by atoms with Gasteiger partial charge in [-0.25, -0.2) is 0 Å². The van der Waals surface area contributed by atoms with Crippen LogP contribution in [0.15, 0.2) is 42.5 Å². The summed E-state index contributed by atoms with van der Waals surface area (Å²) in [4.78, 5) is 12.0. The number of rotatable bonds is 9. The highest BCUT2D eigenvalue weighted by atomic mass is 16.5. The molecule has 0 radical (unpaired) electrons. The molecule has 0 bridgehead atoms. The van der Waals surface area contributed by atoms with Gasteiger partial charge in [-0.1, -0.05) is 18.2 Å². The lowest BCUT2D eigenvalue weighted by Crippen LogP contribution is -2.26. The largest absolute Gasteiger partial charge is 0.497 e. The van der Waals surface area contributed by atoms with E-state index < -0.39 is 0 Å². The molecule has 5 nitrogen and oxygen atoms in total. The molecular formula is C20H25NO4. The summed E-state index contributed by atoms with van der Waals surface area (Å²) in [6.45, 7) is 0.569. The second-order valence-corrected chi connectivity index (χ2v) is 5.63. The van der Waals surface area contributed by atoms with E-state index in [0.29, 0.717) is 25.8 Å². The summed E-state index contributed by atoms with van der Waals surface area (Å²) in [5.41, 5.74) is 2.13. The number of carbonyl (C=O) groups is 1. The van der Waals surface area contributed by atoms with Gasteiger partial charge in [-0.3, -0.25) is 4.79 Å². The number of hydrogen-bond acceptors (Lipinski definition) is 4. The fourth-order valence-electron chi connectivity index (χ4n) is 2.57. The molecule has 0 saturated heterocycles. The molecule has 1 N–H and O–H groups in total. The quantitative estimate of drug-likeness (QED) is 0.760. The smallest absolute Gasteiger partial charge is 0.220 e. The zero-order valence-corrected chi connectivity index (χ0v) is 15.0. The number of benzene rings is 2. The highest BCUT2D eigenvalue weighted by Gasteiger charge is 2.07. The van der Waals surface area contributed by atoms with Gasteiger partial charge >= 0.3 is 0 Å². The van der Waals surface area contributed by atoms with Crippen LogP contribution >= 0.6 is 0 Å². The lowest BCUT2D eigenvalue weighted by molar-refractivity contribution is -0.121. The van der Waals surface area contributed by atoms with Gasteiger partial charge < -0.3 is 19.5 Å². The molecule has 0 aromatic heterocycles. The summed E-state index contributed by atoms with van der Waals surface area (Å²) in [6.07, 6.45) is 1.85. The van der Waals surface area contributed by atoms with E-state index in [1.54, 1.807) is 21.3 Å². The van der Waals surface area contributed by atoms with Crippen molar-refractivity contribution in [1.82, 2.24) is 5.32 Å². The van der Waals surface area contributed by atoms with Crippen LogP contribution in [0.3, 0.4) is 0 Å². The fourth-order valence-corrected chi connectivity index (χ4v) is 2.57. The Morgan fingerprint density at radius 1 is 0.920 bits per heavy atom. The van der Waals surface area contributed by atoms with Crippen LogP contribution in [-0.4, -0.2) is 33.8 Å². The summed E-state index contributed by atoms with van der Waals surface area (Å²) < 4.78 is 15.7. The molecule has 0 atom stereocenters. The standard InChI is InChI=1S/C20H25NO4/c1-23-17-6-4-5-15(13-17)7-10-20(22)21-12-11-16-8-9-18(24-2)14-19(16)25-3/h4-6,8-9,13-14H,7,10-12H2,1-3H3,(H,21,22). The van der Waals surface area contributed by atoms with Gasteiger partial charge in [0.05, 0.1) is 21.3 Å². The van der Waals surface area contributed by atoms with Crippen molar-refractivity contribution in [3.63, 3.8) is 0 Å². The monoisotopic (exact) mass is 343 g/mol. The second-order valence-electron chi connectivity index (χ2n) is 5.63. The van der Waals surface area contributed by atoms with E-state index in [1.807, 2.05) is 42.5 Å². The first-order valence-corrected chi connectivity index (χ1v) is 8.26. The zero-order chi connectivity index (χ0) is 18.1. The Balaban J connectivity index is 1.78. The Morgan fingerprint density at radius 3 is 2.40 bits per heavy atom. The molecule has 0 fully saturated rings. The molecule has 0 spiro atoms. The Hall–Kier alpha value is -2.69. The van der Waals surface area contributed by atoms with E-state index in [-0.39, 0.29) is 5.91 Å². The molecule has 0 saturated carbocycles. The van der Waals surface area contributed by atoms with Gasteiger partial charge in [0.25, 0.3) is 0 Å². The van der Waals surface area contributed by atoms with Crippen LogP contribution in [0.5, 0.6) is 17.2 Å². The van der Waals surface area contributed by atoms with Crippen LogP contribution in [0, 0.1) is 0 Å². The van der Waals surface area contributed by atoms with Gasteiger partial charge in [-0.2, -0.15) is 0 Å². The van der Waals surface area contributed by atoms with Crippen LogP contribution in [0.25, 0.3) is 0 Å². The van der Waals surface area contributed by atoms with Crippen LogP contribution in [0.4, 0.5) is 0 Å². The summed E-state index contributed by atoms with van der Waals surface area (Å²) in [5, 5.41) is 2.95. The van der Waals surface area contributed by atoms with E-state index in [1.165, 1.54) is 0 Å². The molecule has 2 aromatic carbocycles. The highest BCUT2D eigenvalue weighted by molar-refractivity contribution is 5.76. The number of ether oxygens (including phenoxy) is 3. The van der Waals surface area contributed by atoms with E-state index in [4.69, 9.17) is 14.2 Å². The Morgan fingerprint density at radius 2 is 1.68 bits per heavy atom. The fraction of sp³-hybridized carbons (Fsp3) is 0.350. The number of methoxy groups -OCH3 is 3. The molecule has 2 aromatic rings. The number of aryl methyl sites for hydroxylation is 1. The predicted octanol–water partition coefficient (Wildman–Crippen LogP) is 3.00. The molecule has 0 aliphatic rings. The Kier molecular flexibility index (Phi) is 7.14. The van der Waals surface area contributed by atoms with Crippen LogP contribution < -0.4 is 19.5 Å². The normalized spacial score (nSPS) is 10.2. The second kappa shape index (κ2) is 9.57. The third-order valence-corrected chi connectivity index (χ3v) is 3.99. The first-order chi connectivity index (χ1) is 12.2. The highest BCUT2D eigenvalue weighted by Crippen LogP contribution is 2.24. The van der Waals surface area contributed by atoms with Gasteiger partial charge in [-0.15, -0.1) is 0 Å². The number of carbonyl (C=O) groups excluding carboxylic acids is 1. The molecular weight excluding hydrogens is 318 g/mol. The molecule has 2 rings (SSSR count).